The fourth-order valence-corrected chi connectivity index (χ4v) is 1.52. The standard InChI is InChI=1S/C11H13BrO3/c1-13-8-6-10(14-2)9(4-5-12)11(7-8)15-3/h4-7H,1-3H3/b5-4+. The SMILES string of the molecule is COc1cc(OC)c(/C=C/Br)c(OC)c1. The van der Waals surface area contributed by atoms with Crippen molar-refractivity contribution in [1.29, 1.82) is 0 Å². The van der Waals surface area contributed by atoms with Crippen molar-refractivity contribution in [3.05, 3.63) is 22.7 Å². The molecular formula is C11H13BrO3. The van der Waals surface area contributed by atoms with Gasteiger partial charge in [-0.05, 0) is 11.1 Å². The number of hydrogen-bond donors (Lipinski definition) is 0. The van der Waals surface area contributed by atoms with Crippen molar-refractivity contribution < 1.29 is 14.2 Å². The van der Waals surface area contributed by atoms with E-state index in [2.05, 4.69) is 15.9 Å². The summed E-state index contributed by atoms with van der Waals surface area (Å²) in [5.74, 6) is 2.12. The summed E-state index contributed by atoms with van der Waals surface area (Å²) in [5.41, 5.74) is 0.873. The van der Waals surface area contributed by atoms with Gasteiger partial charge in [0.1, 0.15) is 17.2 Å². The number of rotatable bonds is 4. The van der Waals surface area contributed by atoms with E-state index in [0.29, 0.717) is 17.2 Å². The van der Waals surface area contributed by atoms with E-state index >= 15 is 0 Å². The van der Waals surface area contributed by atoms with Crippen LogP contribution >= 0.6 is 15.9 Å². The van der Waals surface area contributed by atoms with Crippen LogP contribution in [0.25, 0.3) is 6.08 Å². The molecule has 0 aliphatic carbocycles. The first kappa shape index (κ1) is 11.9. The summed E-state index contributed by atoms with van der Waals surface area (Å²) < 4.78 is 15.6. The third kappa shape index (κ3) is 2.65. The van der Waals surface area contributed by atoms with Gasteiger partial charge in [0, 0.05) is 12.1 Å². The van der Waals surface area contributed by atoms with Gasteiger partial charge in [-0.2, -0.15) is 0 Å². The van der Waals surface area contributed by atoms with Gasteiger partial charge in [-0.1, -0.05) is 15.9 Å². The predicted molar refractivity (Wildman–Crippen MR) is 64.1 cm³/mol. The molecule has 0 aromatic heterocycles. The first-order valence-electron chi connectivity index (χ1n) is 4.33. The van der Waals surface area contributed by atoms with Crippen LogP contribution in [0.2, 0.25) is 0 Å². The van der Waals surface area contributed by atoms with Crippen LogP contribution in [0.3, 0.4) is 0 Å². The molecule has 0 aliphatic rings. The highest BCUT2D eigenvalue weighted by atomic mass is 79.9. The van der Waals surface area contributed by atoms with Crippen molar-refractivity contribution in [3.8, 4) is 17.2 Å². The van der Waals surface area contributed by atoms with Crippen molar-refractivity contribution in [1.82, 2.24) is 0 Å². The molecule has 4 heteroatoms. The van der Waals surface area contributed by atoms with E-state index in [4.69, 9.17) is 14.2 Å². The number of benzene rings is 1. The van der Waals surface area contributed by atoms with Crippen LogP contribution in [-0.4, -0.2) is 21.3 Å². The topological polar surface area (TPSA) is 27.7 Å². The maximum Gasteiger partial charge on any atom is 0.133 e. The van der Waals surface area contributed by atoms with Crippen molar-refractivity contribution in [2.75, 3.05) is 21.3 Å². The molecule has 3 nitrogen and oxygen atoms in total. The minimum atomic E-state index is 0.704. The van der Waals surface area contributed by atoms with Gasteiger partial charge in [0.2, 0.25) is 0 Å². The highest BCUT2D eigenvalue weighted by molar-refractivity contribution is 9.11. The van der Waals surface area contributed by atoms with Crippen LogP contribution in [0.1, 0.15) is 5.56 Å². The molecule has 82 valence electrons. The number of halogens is 1. The molecule has 1 rings (SSSR count). The number of methoxy groups -OCH3 is 3. The summed E-state index contributed by atoms with van der Waals surface area (Å²) in [5, 5.41) is 0. The summed E-state index contributed by atoms with van der Waals surface area (Å²) >= 11 is 3.23. The summed E-state index contributed by atoms with van der Waals surface area (Å²) in [7, 11) is 4.83. The normalized spacial score (nSPS) is 10.4. The van der Waals surface area contributed by atoms with Crippen molar-refractivity contribution in [3.63, 3.8) is 0 Å². The van der Waals surface area contributed by atoms with Crippen LogP contribution in [0, 0.1) is 0 Å². The zero-order chi connectivity index (χ0) is 11.3. The molecule has 0 spiro atoms. The molecule has 0 amide bonds. The molecule has 15 heavy (non-hydrogen) atoms. The third-order valence-electron chi connectivity index (χ3n) is 1.98. The van der Waals surface area contributed by atoms with Crippen LogP contribution in [0.4, 0.5) is 0 Å². The van der Waals surface area contributed by atoms with E-state index in [0.717, 1.165) is 5.56 Å². The quantitative estimate of drug-likeness (QED) is 0.843. The molecular weight excluding hydrogens is 260 g/mol. The van der Waals surface area contributed by atoms with Crippen molar-refractivity contribution in [2.45, 2.75) is 0 Å². The van der Waals surface area contributed by atoms with Gasteiger partial charge in [0.25, 0.3) is 0 Å². The molecule has 0 aliphatic heterocycles. The smallest absolute Gasteiger partial charge is 0.133 e. The maximum atomic E-state index is 5.25. The molecule has 0 atom stereocenters. The Kier molecular flexibility index (Phi) is 4.49. The molecule has 0 heterocycles. The fraction of sp³-hybridized carbons (Fsp3) is 0.273. The molecule has 0 radical (unpaired) electrons. The zero-order valence-corrected chi connectivity index (χ0v) is 10.5. The Bertz CT molecular complexity index is 336. The van der Waals surface area contributed by atoms with Crippen LogP contribution < -0.4 is 14.2 Å². The first-order chi connectivity index (χ1) is 7.26. The van der Waals surface area contributed by atoms with Crippen molar-refractivity contribution in [2.24, 2.45) is 0 Å². The molecule has 1 aromatic carbocycles. The number of ether oxygens (including phenoxy) is 3. The lowest BCUT2D eigenvalue weighted by Crippen LogP contribution is -1.94. The van der Waals surface area contributed by atoms with Gasteiger partial charge in [-0.3, -0.25) is 0 Å². The Morgan fingerprint density at radius 1 is 1.00 bits per heavy atom. The van der Waals surface area contributed by atoms with E-state index in [9.17, 15) is 0 Å². The highest BCUT2D eigenvalue weighted by Gasteiger charge is 2.09. The summed E-state index contributed by atoms with van der Waals surface area (Å²) in [6.45, 7) is 0. The largest absolute Gasteiger partial charge is 0.496 e. The molecule has 0 N–H and O–H groups in total. The Balaban J connectivity index is 3.32. The summed E-state index contributed by atoms with van der Waals surface area (Å²) in [6.07, 6.45) is 1.86. The molecule has 1 aromatic rings. The Morgan fingerprint density at radius 3 is 1.87 bits per heavy atom. The average molecular weight is 273 g/mol. The van der Waals surface area contributed by atoms with Gasteiger partial charge in [0.05, 0.1) is 26.9 Å². The molecule has 0 saturated heterocycles. The second kappa shape index (κ2) is 5.66. The maximum absolute atomic E-state index is 5.25. The minimum absolute atomic E-state index is 0.704. The van der Waals surface area contributed by atoms with Gasteiger partial charge < -0.3 is 14.2 Å². The van der Waals surface area contributed by atoms with Crippen LogP contribution in [0.15, 0.2) is 17.1 Å². The van der Waals surface area contributed by atoms with Gasteiger partial charge in [-0.15, -0.1) is 0 Å². The predicted octanol–water partition coefficient (Wildman–Crippen LogP) is 3.08. The van der Waals surface area contributed by atoms with E-state index in [-0.39, 0.29) is 0 Å². The highest BCUT2D eigenvalue weighted by Crippen LogP contribution is 2.35. The second-order valence-corrected chi connectivity index (χ2v) is 3.27. The van der Waals surface area contributed by atoms with Gasteiger partial charge >= 0.3 is 0 Å². The van der Waals surface area contributed by atoms with E-state index in [1.54, 1.807) is 26.3 Å². The van der Waals surface area contributed by atoms with Crippen LogP contribution in [-0.2, 0) is 0 Å². The Morgan fingerprint density at radius 2 is 1.53 bits per heavy atom. The average Bonchev–Trinajstić information content (AvgIpc) is 2.29. The lowest BCUT2D eigenvalue weighted by Gasteiger charge is -2.12. The van der Waals surface area contributed by atoms with Crippen molar-refractivity contribution >= 4 is 22.0 Å². The fourth-order valence-electron chi connectivity index (χ4n) is 1.26. The van der Waals surface area contributed by atoms with E-state index < -0.39 is 0 Å². The Labute approximate surface area is 97.8 Å². The Hall–Kier alpha value is -1.16. The second-order valence-electron chi connectivity index (χ2n) is 2.74. The van der Waals surface area contributed by atoms with Crippen LogP contribution in [0.5, 0.6) is 17.2 Å². The summed E-state index contributed by atoms with van der Waals surface area (Å²) in [4.78, 5) is 1.75. The number of hydrogen-bond acceptors (Lipinski definition) is 3. The van der Waals surface area contributed by atoms with E-state index in [1.807, 2.05) is 18.2 Å². The van der Waals surface area contributed by atoms with Gasteiger partial charge in [0.15, 0.2) is 0 Å². The first-order valence-corrected chi connectivity index (χ1v) is 5.25. The molecule has 0 unspecified atom stereocenters. The van der Waals surface area contributed by atoms with Gasteiger partial charge in [-0.25, -0.2) is 0 Å². The lowest BCUT2D eigenvalue weighted by molar-refractivity contribution is 0.374. The minimum Gasteiger partial charge on any atom is -0.496 e. The molecule has 0 bridgehead atoms. The molecule has 0 saturated carbocycles. The third-order valence-corrected chi connectivity index (χ3v) is 2.25. The monoisotopic (exact) mass is 272 g/mol. The van der Waals surface area contributed by atoms with E-state index in [1.165, 1.54) is 0 Å². The molecule has 0 fully saturated rings. The zero-order valence-electron chi connectivity index (χ0n) is 8.91. The summed E-state index contributed by atoms with van der Waals surface area (Å²) in [6, 6.07) is 3.62. The lowest BCUT2D eigenvalue weighted by atomic mass is 10.1.